The fourth-order valence-electron chi connectivity index (χ4n) is 3.11. The highest BCUT2D eigenvalue weighted by Gasteiger charge is 2.52. The van der Waals surface area contributed by atoms with Gasteiger partial charge in [0.05, 0.1) is 11.2 Å². The minimum absolute atomic E-state index is 0.281. The summed E-state index contributed by atoms with van der Waals surface area (Å²) < 4.78 is 26.3. The van der Waals surface area contributed by atoms with Gasteiger partial charge in [0.15, 0.2) is 0 Å². The third-order valence-electron chi connectivity index (χ3n) is 5.47. The van der Waals surface area contributed by atoms with Crippen molar-refractivity contribution in [2.45, 2.75) is 52.4 Å². The topological polar surface area (TPSA) is 21.7 Å². The second-order valence-electron chi connectivity index (χ2n) is 8.13. The van der Waals surface area contributed by atoms with Crippen LogP contribution in [-0.2, 0) is 15.9 Å². The summed E-state index contributed by atoms with van der Waals surface area (Å²) in [7, 11) is 1.46. The van der Waals surface area contributed by atoms with Crippen molar-refractivity contribution in [3.63, 3.8) is 0 Å². The molecular formula is C21H27BFNO2. The third kappa shape index (κ3) is 3.65. The molecule has 0 amide bonds. The summed E-state index contributed by atoms with van der Waals surface area (Å²) in [6.07, 6.45) is 0. The predicted octanol–water partition coefficient (Wildman–Crippen LogP) is 4.07. The van der Waals surface area contributed by atoms with Crippen molar-refractivity contribution in [1.82, 2.24) is 0 Å². The van der Waals surface area contributed by atoms with Gasteiger partial charge >= 0.3 is 7.12 Å². The number of halogens is 1. The summed E-state index contributed by atoms with van der Waals surface area (Å²) in [4.78, 5) is 2.15. The van der Waals surface area contributed by atoms with Gasteiger partial charge in [-0.05, 0) is 75.5 Å². The molecule has 1 heterocycles. The van der Waals surface area contributed by atoms with Gasteiger partial charge in [0.1, 0.15) is 5.82 Å². The SMILES string of the molecule is Cc1cccc(N(C)Cc2ccc(F)cc2B2OC(C)(C)C(C)(C)O2)c1. The van der Waals surface area contributed by atoms with E-state index in [2.05, 4.69) is 30.0 Å². The lowest BCUT2D eigenvalue weighted by Crippen LogP contribution is -2.41. The molecule has 0 aliphatic carbocycles. The van der Waals surface area contributed by atoms with Gasteiger partial charge in [-0.15, -0.1) is 0 Å². The molecule has 1 aliphatic heterocycles. The number of hydrogen-bond acceptors (Lipinski definition) is 3. The Bertz CT molecular complexity index is 790. The van der Waals surface area contributed by atoms with Gasteiger partial charge in [-0.3, -0.25) is 0 Å². The Morgan fingerprint density at radius 2 is 1.65 bits per heavy atom. The summed E-state index contributed by atoms with van der Waals surface area (Å²) in [6, 6.07) is 13.2. The molecule has 0 saturated carbocycles. The Kier molecular flexibility index (Phi) is 4.89. The molecule has 1 fully saturated rings. The van der Waals surface area contributed by atoms with Crippen molar-refractivity contribution in [3.8, 4) is 0 Å². The molecule has 2 aromatic rings. The lowest BCUT2D eigenvalue weighted by atomic mass is 9.75. The summed E-state index contributed by atoms with van der Waals surface area (Å²) in [5.74, 6) is -0.281. The van der Waals surface area contributed by atoms with Crippen LogP contribution >= 0.6 is 0 Å². The van der Waals surface area contributed by atoms with Crippen molar-refractivity contribution < 1.29 is 13.7 Å². The highest BCUT2D eigenvalue weighted by molar-refractivity contribution is 6.62. The molecule has 0 spiro atoms. The Labute approximate surface area is 156 Å². The van der Waals surface area contributed by atoms with Gasteiger partial charge in [0.2, 0.25) is 0 Å². The average molecular weight is 355 g/mol. The zero-order chi connectivity index (χ0) is 19.1. The molecule has 5 heteroatoms. The van der Waals surface area contributed by atoms with Crippen LogP contribution in [0.15, 0.2) is 42.5 Å². The molecule has 3 rings (SSSR count). The molecule has 0 aromatic heterocycles. The lowest BCUT2D eigenvalue weighted by Gasteiger charge is -2.32. The molecular weight excluding hydrogens is 328 g/mol. The van der Waals surface area contributed by atoms with Crippen LogP contribution in [0.4, 0.5) is 10.1 Å². The monoisotopic (exact) mass is 355 g/mol. The van der Waals surface area contributed by atoms with Crippen molar-refractivity contribution in [2.24, 2.45) is 0 Å². The molecule has 0 N–H and O–H groups in total. The molecule has 0 bridgehead atoms. The van der Waals surface area contributed by atoms with E-state index in [9.17, 15) is 4.39 Å². The quantitative estimate of drug-likeness (QED) is 0.772. The highest BCUT2D eigenvalue weighted by atomic mass is 19.1. The summed E-state index contributed by atoms with van der Waals surface area (Å²) in [6.45, 7) is 10.7. The van der Waals surface area contributed by atoms with Gasteiger partial charge in [0.25, 0.3) is 0 Å². The Morgan fingerprint density at radius 1 is 1.00 bits per heavy atom. The van der Waals surface area contributed by atoms with E-state index in [1.165, 1.54) is 17.7 Å². The minimum Gasteiger partial charge on any atom is -0.399 e. The van der Waals surface area contributed by atoms with E-state index in [-0.39, 0.29) is 5.82 Å². The number of anilines is 1. The van der Waals surface area contributed by atoms with E-state index >= 15 is 0 Å². The summed E-state index contributed by atoms with van der Waals surface area (Å²) >= 11 is 0. The van der Waals surface area contributed by atoms with E-state index < -0.39 is 18.3 Å². The number of aryl methyl sites for hydroxylation is 1. The van der Waals surface area contributed by atoms with Crippen molar-refractivity contribution in [1.29, 1.82) is 0 Å². The first-order chi connectivity index (χ1) is 12.1. The van der Waals surface area contributed by atoms with Crippen LogP contribution in [-0.4, -0.2) is 25.4 Å². The average Bonchev–Trinajstić information content (AvgIpc) is 2.77. The van der Waals surface area contributed by atoms with Crippen LogP contribution in [0.1, 0.15) is 38.8 Å². The molecule has 26 heavy (non-hydrogen) atoms. The third-order valence-corrected chi connectivity index (χ3v) is 5.47. The fourth-order valence-corrected chi connectivity index (χ4v) is 3.11. The van der Waals surface area contributed by atoms with E-state index in [0.29, 0.717) is 6.54 Å². The Morgan fingerprint density at radius 3 is 2.27 bits per heavy atom. The first kappa shape index (κ1) is 18.9. The van der Waals surface area contributed by atoms with Crippen LogP contribution in [0.25, 0.3) is 0 Å². The zero-order valence-corrected chi connectivity index (χ0v) is 16.5. The summed E-state index contributed by atoms with van der Waals surface area (Å²) in [5, 5.41) is 0. The molecule has 2 aromatic carbocycles. The maximum absolute atomic E-state index is 14.0. The van der Waals surface area contributed by atoms with Crippen LogP contribution in [0.2, 0.25) is 0 Å². The van der Waals surface area contributed by atoms with Gasteiger partial charge in [-0.1, -0.05) is 18.2 Å². The van der Waals surface area contributed by atoms with Gasteiger partial charge < -0.3 is 14.2 Å². The smallest absolute Gasteiger partial charge is 0.399 e. The van der Waals surface area contributed by atoms with Crippen molar-refractivity contribution in [2.75, 3.05) is 11.9 Å². The first-order valence-electron chi connectivity index (χ1n) is 9.01. The van der Waals surface area contributed by atoms with E-state index in [0.717, 1.165) is 16.7 Å². The first-order valence-corrected chi connectivity index (χ1v) is 9.01. The maximum atomic E-state index is 14.0. The number of hydrogen-bond donors (Lipinski definition) is 0. The van der Waals surface area contributed by atoms with Crippen LogP contribution in [0.3, 0.4) is 0 Å². The van der Waals surface area contributed by atoms with E-state index in [1.54, 1.807) is 0 Å². The van der Waals surface area contributed by atoms with Gasteiger partial charge in [-0.2, -0.15) is 0 Å². The van der Waals surface area contributed by atoms with Gasteiger partial charge in [-0.25, -0.2) is 4.39 Å². The number of nitrogens with zero attached hydrogens (tertiary/aromatic N) is 1. The van der Waals surface area contributed by atoms with Crippen molar-refractivity contribution >= 4 is 18.3 Å². The second-order valence-corrected chi connectivity index (χ2v) is 8.13. The van der Waals surface area contributed by atoms with Crippen LogP contribution in [0.5, 0.6) is 0 Å². The normalized spacial score (nSPS) is 18.2. The van der Waals surface area contributed by atoms with Crippen molar-refractivity contribution in [3.05, 3.63) is 59.4 Å². The fraction of sp³-hybridized carbons (Fsp3) is 0.429. The predicted molar refractivity (Wildman–Crippen MR) is 105 cm³/mol. The molecule has 138 valence electrons. The largest absolute Gasteiger partial charge is 0.495 e. The second kappa shape index (κ2) is 6.71. The Balaban J connectivity index is 1.90. The molecule has 0 atom stereocenters. The van der Waals surface area contributed by atoms with Gasteiger partial charge in [0, 0.05) is 19.3 Å². The molecule has 0 unspecified atom stereocenters. The lowest BCUT2D eigenvalue weighted by molar-refractivity contribution is 0.00578. The minimum atomic E-state index is -0.573. The van der Waals surface area contributed by atoms with Crippen LogP contribution < -0.4 is 10.4 Å². The Hall–Kier alpha value is -1.85. The highest BCUT2D eigenvalue weighted by Crippen LogP contribution is 2.36. The van der Waals surface area contributed by atoms with E-state index in [1.807, 2.05) is 46.9 Å². The molecule has 1 aliphatic rings. The molecule has 1 saturated heterocycles. The van der Waals surface area contributed by atoms with Crippen LogP contribution in [0, 0.1) is 12.7 Å². The summed E-state index contributed by atoms with van der Waals surface area (Å²) in [5.41, 5.74) is 3.17. The molecule has 3 nitrogen and oxygen atoms in total. The number of rotatable bonds is 4. The maximum Gasteiger partial charge on any atom is 0.495 e. The number of benzene rings is 2. The zero-order valence-electron chi connectivity index (χ0n) is 16.5. The standard InChI is InChI=1S/C21H27BFNO2/c1-15-8-7-9-18(12-15)24(6)14-16-10-11-17(23)13-19(16)22-25-20(2,3)21(4,5)26-22/h7-13H,14H2,1-6H3. The molecule has 0 radical (unpaired) electrons. The van der Waals surface area contributed by atoms with E-state index in [4.69, 9.17) is 9.31 Å².